The molecule has 6 nitrogen and oxygen atoms in total. The summed E-state index contributed by atoms with van der Waals surface area (Å²) in [4.78, 5) is 28.7. The number of nitrogens with one attached hydrogen (secondary N) is 1. The Morgan fingerprint density at radius 2 is 2.05 bits per heavy atom. The van der Waals surface area contributed by atoms with Gasteiger partial charge in [0, 0.05) is 5.92 Å². The predicted molar refractivity (Wildman–Crippen MR) is 83.1 cm³/mol. The maximum Gasteiger partial charge on any atom is 0.407 e. The van der Waals surface area contributed by atoms with Gasteiger partial charge >= 0.3 is 12.1 Å². The van der Waals surface area contributed by atoms with Crippen molar-refractivity contribution in [2.24, 2.45) is 0 Å². The summed E-state index contributed by atoms with van der Waals surface area (Å²) in [7, 11) is 0. The minimum atomic E-state index is -0.560. The van der Waals surface area contributed by atoms with Gasteiger partial charge < -0.3 is 14.8 Å². The van der Waals surface area contributed by atoms with Crippen LogP contribution in [0.25, 0.3) is 0 Å². The second-order valence-corrected chi connectivity index (χ2v) is 7.21. The first kappa shape index (κ1) is 16.7. The molecule has 7 heteroatoms. The molecule has 0 radical (unpaired) electrons. The normalized spacial score (nSPS) is 14.5. The number of hydrogen-bond acceptors (Lipinski definition) is 6. The molecule has 122 valence electrons. The second-order valence-electron chi connectivity index (χ2n) is 6.18. The molecule has 2 rings (SSSR count). The molecule has 0 bridgehead atoms. The zero-order valence-electron chi connectivity index (χ0n) is 13.4. The topological polar surface area (TPSA) is 77.5 Å². The molecule has 1 saturated carbocycles. The van der Waals surface area contributed by atoms with E-state index in [1.807, 2.05) is 0 Å². The molecule has 0 unspecified atom stereocenters. The van der Waals surface area contributed by atoms with E-state index in [2.05, 4.69) is 10.3 Å². The Kier molecular flexibility index (Phi) is 5.05. The lowest BCUT2D eigenvalue weighted by atomic mass is 10.2. The van der Waals surface area contributed by atoms with Gasteiger partial charge in [0.15, 0.2) is 0 Å². The van der Waals surface area contributed by atoms with Crippen molar-refractivity contribution in [1.29, 1.82) is 0 Å². The number of nitrogens with zero attached hydrogens (tertiary/aromatic N) is 1. The number of aromatic nitrogens is 1. The van der Waals surface area contributed by atoms with Crippen LogP contribution in [0, 0.1) is 0 Å². The van der Waals surface area contributed by atoms with E-state index in [-0.39, 0.29) is 12.5 Å². The fraction of sp³-hybridized carbons (Fsp3) is 0.667. The molecule has 0 saturated heterocycles. The van der Waals surface area contributed by atoms with E-state index < -0.39 is 11.7 Å². The minimum absolute atomic E-state index is 0.159. The van der Waals surface area contributed by atoms with E-state index in [0.29, 0.717) is 23.1 Å². The molecule has 0 aliphatic heterocycles. The number of carbonyl (C=O) groups excluding carboxylic acids is 2. The van der Waals surface area contributed by atoms with Crippen molar-refractivity contribution in [3.8, 4) is 0 Å². The maximum absolute atomic E-state index is 12.0. The van der Waals surface area contributed by atoms with Gasteiger partial charge in [-0.2, -0.15) is 0 Å². The van der Waals surface area contributed by atoms with Gasteiger partial charge in [-0.05, 0) is 40.5 Å². The Morgan fingerprint density at radius 3 is 2.59 bits per heavy atom. The average Bonchev–Trinajstić information content (AvgIpc) is 3.15. The Morgan fingerprint density at radius 1 is 1.36 bits per heavy atom. The molecule has 0 aromatic carbocycles. The van der Waals surface area contributed by atoms with Gasteiger partial charge in [0.1, 0.15) is 10.5 Å². The number of ether oxygens (including phenoxy) is 2. The second kappa shape index (κ2) is 6.64. The summed E-state index contributed by atoms with van der Waals surface area (Å²) in [6, 6.07) is 0. The molecule has 1 aromatic heterocycles. The Balaban J connectivity index is 2.05. The van der Waals surface area contributed by atoms with Gasteiger partial charge in [-0.25, -0.2) is 14.6 Å². The van der Waals surface area contributed by atoms with Crippen LogP contribution in [0.2, 0.25) is 0 Å². The van der Waals surface area contributed by atoms with Crippen LogP contribution in [0.15, 0.2) is 0 Å². The summed E-state index contributed by atoms with van der Waals surface area (Å²) in [6.45, 7) is 7.63. The van der Waals surface area contributed by atoms with Crippen LogP contribution in [0.3, 0.4) is 0 Å². The molecule has 1 N–H and O–H groups in total. The van der Waals surface area contributed by atoms with Crippen LogP contribution >= 0.6 is 11.3 Å². The van der Waals surface area contributed by atoms with Crippen LogP contribution in [0.5, 0.6) is 0 Å². The minimum Gasteiger partial charge on any atom is -0.462 e. The molecule has 22 heavy (non-hydrogen) atoms. The number of hydrogen-bond donors (Lipinski definition) is 1. The van der Waals surface area contributed by atoms with Crippen LogP contribution in [0.1, 0.15) is 66.8 Å². The number of amides is 1. The molecule has 0 atom stereocenters. The van der Waals surface area contributed by atoms with E-state index in [1.54, 1.807) is 27.7 Å². The van der Waals surface area contributed by atoms with E-state index in [1.165, 1.54) is 11.3 Å². The van der Waals surface area contributed by atoms with Gasteiger partial charge in [0.25, 0.3) is 0 Å². The fourth-order valence-electron chi connectivity index (χ4n) is 1.82. The van der Waals surface area contributed by atoms with E-state index >= 15 is 0 Å². The van der Waals surface area contributed by atoms with Gasteiger partial charge in [0.2, 0.25) is 0 Å². The van der Waals surface area contributed by atoms with Crippen LogP contribution in [-0.4, -0.2) is 29.3 Å². The fourth-order valence-corrected chi connectivity index (χ4v) is 2.97. The third-order valence-electron chi connectivity index (χ3n) is 2.90. The van der Waals surface area contributed by atoms with Crippen molar-refractivity contribution in [3.05, 3.63) is 15.6 Å². The number of esters is 1. The van der Waals surface area contributed by atoms with Crippen LogP contribution in [-0.2, 0) is 16.0 Å². The SMILES string of the molecule is CCOC(=O)c1sc(C2CC2)nc1CNC(=O)OC(C)(C)C. The molecule has 1 amide bonds. The zero-order chi connectivity index (χ0) is 16.3. The van der Waals surface area contributed by atoms with Crippen molar-refractivity contribution in [2.75, 3.05) is 6.61 Å². The molecular weight excluding hydrogens is 304 g/mol. The van der Waals surface area contributed by atoms with Gasteiger partial charge in [-0.15, -0.1) is 11.3 Å². The van der Waals surface area contributed by atoms with Crippen LogP contribution in [0.4, 0.5) is 4.79 Å². The lowest BCUT2D eigenvalue weighted by molar-refractivity contribution is 0.0504. The predicted octanol–water partition coefficient (Wildman–Crippen LogP) is 3.22. The molecule has 0 spiro atoms. The quantitative estimate of drug-likeness (QED) is 0.841. The lowest BCUT2D eigenvalue weighted by Gasteiger charge is -2.19. The molecular formula is C15H22N2O4S. The monoisotopic (exact) mass is 326 g/mol. The Hall–Kier alpha value is -1.63. The van der Waals surface area contributed by atoms with E-state index in [0.717, 1.165) is 17.8 Å². The molecule has 1 aromatic rings. The van der Waals surface area contributed by atoms with Crippen molar-refractivity contribution in [3.63, 3.8) is 0 Å². The highest BCUT2D eigenvalue weighted by Crippen LogP contribution is 2.42. The highest BCUT2D eigenvalue weighted by Gasteiger charge is 2.30. The number of carbonyl (C=O) groups is 2. The molecule has 1 heterocycles. The number of alkyl carbamates (subject to hydrolysis) is 1. The maximum atomic E-state index is 12.0. The van der Waals surface area contributed by atoms with Gasteiger partial charge in [0.05, 0.1) is 23.9 Å². The lowest BCUT2D eigenvalue weighted by Crippen LogP contribution is -2.32. The summed E-state index contributed by atoms with van der Waals surface area (Å²) in [6.07, 6.45) is 1.69. The zero-order valence-corrected chi connectivity index (χ0v) is 14.2. The highest BCUT2D eigenvalue weighted by molar-refractivity contribution is 7.13. The third kappa shape index (κ3) is 4.69. The average molecular weight is 326 g/mol. The highest BCUT2D eigenvalue weighted by atomic mass is 32.1. The Bertz CT molecular complexity index is 558. The van der Waals surface area contributed by atoms with Crippen molar-refractivity contribution in [2.45, 2.75) is 58.6 Å². The Labute approximate surface area is 134 Å². The summed E-state index contributed by atoms with van der Waals surface area (Å²) < 4.78 is 10.2. The molecule has 1 aliphatic rings. The summed E-state index contributed by atoms with van der Waals surface area (Å²) in [5.41, 5.74) is -0.00817. The van der Waals surface area contributed by atoms with Gasteiger partial charge in [-0.3, -0.25) is 0 Å². The molecule has 1 fully saturated rings. The number of rotatable bonds is 5. The van der Waals surface area contributed by atoms with E-state index in [9.17, 15) is 9.59 Å². The first-order valence-corrected chi connectivity index (χ1v) is 8.25. The first-order chi connectivity index (χ1) is 10.3. The standard InChI is InChI=1S/C15H22N2O4S/c1-5-20-13(18)11-10(17-12(22-11)9-6-7-9)8-16-14(19)21-15(2,3)4/h9H,5-8H2,1-4H3,(H,16,19). The first-order valence-electron chi connectivity index (χ1n) is 7.43. The molecule has 1 aliphatic carbocycles. The summed E-state index contributed by atoms with van der Waals surface area (Å²) in [5.74, 6) is 0.0707. The third-order valence-corrected chi connectivity index (χ3v) is 4.14. The van der Waals surface area contributed by atoms with Crippen LogP contribution < -0.4 is 5.32 Å². The summed E-state index contributed by atoms with van der Waals surface area (Å²) >= 11 is 1.37. The van der Waals surface area contributed by atoms with Gasteiger partial charge in [-0.1, -0.05) is 0 Å². The smallest absolute Gasteiger partial charge is 0.407 e. The summed E-state index contributed by atoms with van der Waals surface area (Å²) in [5, 5.41) is 3.59. The van der Waals surface area contributed by atoms with Crippen molar-refractivity contribution < 1.29 is 19.1 Å². The largest absolute Gasteiger partial charge is 0.462 e. The van der Waals surface area contributed by atoms with Crippen molar-refractivity contribution >= 4 is 23.4 Å². The number of thiazole rings is 1. The van der Waals surface area contributed by atoms with E-state index in [4.69, 9.17) is 9.47 Å². The van der Waals surface area contributed by atoms with Crippen molar-refractivity contribution in [1.82, 2.24) is 10.3 Å².